The van der Waals surface area contributed by atoms with E-state index in [1.54, 1.807) is 30.7 Å². The van der Waals surface area contributed by atoms with Crippen LogP contribution in [0.1, 0.15) is 22.3 Å². The summed E-state index contributed by atoms with van der Waals surface area (Å²) in [5, 5.41) is 4.94. The molecule has 3 aromatic carbocycles. The van der Waals surface area contributed by atoms with Crippen LogP contribution in [0.4, 0.5) is 0 Å². The molecule has 0 fully saturated rings. The molecule has 0 spiro atoms. The fourth-order valence-corrected chi connectivity index (χ4v) is 3.61. The summed E-state index contributed by atoms with van der Waals surface area (Å²) in [6, 6.07) is 23.4. The molecule has 0 atom stereocenters. The molecule has 0 amide bonds. The van der Waals surface area contributed by atoms with Gasteiger partial charge in [-0.3, -0.25) is 4.79 Å². The second-order valence-corrected chi connectivity index (χ2v) is 7.83. The average Bonchev–Trinajstić information content (AvgIpc) is 3.31. The molecule has 0 N–H and O–H groups in total. The second-order valence-electron chi connectivity index (χ2n) is 7.83. The van der Waals surface area contributed by atoms with Crippen molar-refractivity contribution in [2.45, 2.75) is 20.0 Å². The SMILES string of the molecule is Cc1ccc(Cc2coc3cc(OCc4cnn(-c5ccccc5)c4)ccc3c2=O)cc1. The van der Waals surface area contributed by atoms with Gasteiger partial charge in [-0.25, -0.2) is 4.68 Å². The van der Waals surface area contributed by atoms with Crippen LogP contribution in [0.2, 0.25) is 0 Å². The van der Waals surface area contributed by atoms with Gasteiger partial charge >= 0.3 is 0 Å². The molecule has 5 heteroatoms. The molecule has 0 saturated heterocycles. The van der Waals surface area contributed by atoms with Crippen LogP contribution in [0.25, 0.3) is 16.7 Å². The van der Waals surface area contributed by atoms with E-state index in [0.29, 0.717) is 35.3 Å². The number of benzene rings is 3. The molecule has 32 heavy (non-hydrogen) atoms. The first-order valence-electron chi connectivity index (χ1n) is 10.5. The van der Waals surface area contributed by atoms with Gasteiger partial charge in [-0.1, -0.05) is 48.0 Å². The quantitative estimate of drug-likeness (QED) is 0.365. The number of para-hydroxylation sites is 1. The number of aromatic nitrogens is 2. The lowest BCUT2D eigenvalue weighted by Gasteiger charge is -2.07. The number of hydrogen-bond acceptors (Lipinski definition) is 4. The Morgan fingerprint density at radius 1 is 0.969 bits per heavy atom. The molecular formula is C27H22N2O3. The van der Waals surface area contributed by atoms with E-state index in [-0.39, 0.29) is 5.43 Å². The number of aryl methyl sites for hydroxylation is 1. The summed E-state index contributed by atoms with van der Waals surface area (Å²) in [6.07, 6.45) is 5.82. The predicted octanol–water partition coefficient (Wildman–Crippen LogP) is 5.46. The number of ether oxygens (including phenoxy) is 1. The van der Waals surface area contributed by atoms with Crippen molar-refractivity contribution in [3.63, 3.8) is 0 Å². The Morgan fingerprint density at radius 2 is 1.78 bits per heavy atom. The van der Waals surface area contributed by atoms with Gasteiger partial charge in [0.2, 0.25) is 0 Å². The first-order valence-corrected chi connectivity index (χ1v) is 10.5. The Labute approximate surface area is 185 Å². The van der Waals surface area contributed by atoms with Crippen LogP contribution < -0.4 is 10.2 Å². The minimum Gasteiger partial charge on any atom is -0.489 e. The van der Waals surface area contributed by atoms with E-state index in [4.69, 9.17) is 9.15 Å². The third kappa shape index (κ3) is 4.18. The van der Waals surface area contributed by atoms with Gasteiger partial charge in [0.05, 0.1) is 23.5 Å². The third-order valence-electron chi connectivity index (χ3n) is 5.39. The predicted molar refractivity (Wildman–Crippen MR) is 124 cm³/mol. The van der Waals surface area contributed by atoms with Crippen LogP contribution in [0, 0.1) is 6.92 Å². The molecule has 0 unspecified atom stereocenters. The van der Waals surface area contributed by atoms with Crippen molar-refractivity contribution in [1.29, 1.82) is 0 Å². The molecule has 2 heterocycles. The Morgan fingerprint density at radius 3 is 2.59 bits per heavy atom. The molecule has 0 aliphatic heterocycles. The minimum absolute atomic E-state index is 0.0116. The number of fused-ring (bicyclic) bond motifs is 1. The Hall–Kier alpha value is -4.12. The van der Waals surface area contributed by atoms with Crippen LogP contribution in [-0.2, 0) is 13.0 Å². The molecule has 5 nitrogen and oxygen atoms in total. The minimum atomic E-state index is -0.0116. The Kier molecular flexibility index (Phi) is 5.30. The van der Waals surface area contributed by atoms with E-state index in [9.17, 15) is 4.79 Å². The zero-order chi connectivity index (χ0) is 21.9. The lowest BCUT2D eigenvalue weighted by atomic mass is 10.0. The summed E-state index contributed by atoms with van der Waals surface area (Å²) in [5.41, 5.74) is 5.36. The van der Waals surface area contributed by atoms with E-state index in [0.717, 1.165) is 16.8 Å². The summed E-state index contributed by atoms with van der Waals surface area (Å²) < 4.78 is 13.5. The summed E-state index contributed by atoms with van der Waals surface area (Å²) in [6.45, 7) is 2.41. The third-order valence-corrected chi connectivity index (χ3v) is 5.39. The van der Waals surface area contributed by atoms with Crippen LogP contribution in [0.5, 0.6) is 5.75 Å². The number of hydrogen-bond donors (Lipinski definition) is 0. The molecule has 0 bridgehead atoms. The summed E-state index contributed by atoms with van der Waals surface area (Å²) in [4.78, 5) is 12.9. The van der Waals surface area contributed by atoms with E-state index < -0.39 is 0 Å². The van der Waals surface area contributed by atoms with Crippen molar-refractivity contribution in [3.8, 4) is 11.4 Å². The highest BCUT2D eigenvalue weighted by molar-refractivity contribution is 5.78. The Bertz CT molecular complexity index is 1420. The number of rotatable bonds is 6. The number of nitrogens with zero attached hydrogens (tertiary/aromatic N) is 2. The molecule has 0 aliphatic rings. The van der Waals surface area contributed by atoms with Crippen molar-refractivity contribution in [2.24, 2.45) is 0 Å². The lowest BCUT2D eigenvalue weighted by molar-refractivity contribution is 0.306. The van der Waals surface area contributed by atoms with Gasteiger partial charge < -0.3 is 9.15 Å². The normalized spacial score (nSPS) is 11.0. The maximum Gasteiger partial charge on any atom is 0.196 e. The topological polar surface area (TPSA) is 57.3 Å². The van der Waals surface area contributed by atoms with Gasteiger partial charge in [0, 0.05) is 29.8 Å². The maximum absolute atomic E-state index is 12.9. The zero-order valence-electron chi connectivity index (χ0n) is 17.7. The van der Waals surface area contributed by atoms with E-state index in [1.807, 2.05) is 72.4 Å². The van der Waals surface area contributed by atoms with E-state index >= 15 is 0 Å². The molecule has 0 aliphatic carbocycles. The van der Waals surface area contributed by atoms with Gasteiger partial charge in [0.15, 0.2) is 5.43 Å². The smallest absolute Gasteiger partial charge is 0.196 e. The highest BCUT2D eigenvalue weighted by Gasteiger charge is 2.10. The fraction of sp³-hybridized carbons (Fsp3) is 0.111. The van der Waals surface area contributed by atoms with Gasteiger partial charge in [-0.05, 0) is 36.8 Å². The van der Waals surface area contributed by atoms with Crippen molar-refractivity contribution in [2.75, 3.05) is 0 Å². The molecular weight excluding hydrogens is 400 g/mol. The largest absolute Gasteiger partial charge is 0.489 e. The van der Waals surface area contributed by atoms with Gasteiger partial charge in [0.1, 0.15) is 17.9 Å². The van der Waals surface area contributed by atoms with Crippen LogP contribution in [0.15, 0.2) is 101 Å². The molecule has 0 saturated carbocycles. The van der Waals surface area contributed by atoms with Crippen LogP contribution >= 0.6 is 0 Å². The van der Waals surface area contributed by atoms with Crippen molar-refractivity contribution < 1.29 is 9.15 Å². The average molecular weight is 422 g/mol. The maximum atomic E-state index is 12.9. The van der Waals surface area contributed by atoms with E-state index in [1.165, 1.54) is 5.56 Å². The molecule has 2 aromatic heterocycles. The fourth-order valence-electron chi connectivity index (χ4n) is 3.61. The first kappa shape index (κ1) is 19.8. The molecule has 5 aromatic rings. The zero-order valence-corrected chi connectivity index (χ0v) is 17.7. The highest BCUT2D eigenvalue weighted by atomic mass is 16.5. The summed E-state index contributed by atoms with van der Waals surface area (Å²) in [7, 11) is 0. The van der Waals surface area contributed by atoms with Crippen LogP contribution in [0.3, 0.4) is 0 Å². The summed E-state index contributed by atoms with van der Waals surface area (Å²) in [5.74, 6) is 0.638. The van der Waals surface area contributed by atoms with Gasteiger partial charge in [0.25, 0.3) is 0 Å². The van der Waals surface area contributed by atoms with Crippen molar-refractivity contribution in [1.82, 2.24) is 9.78 Å². The Balaban J connectivity index is 1.31. The first-order chi connectivity index (χ1) is 15.7. The van der Waals surface area contributed by atoms with Crippen LogP contribution in [-0.4, -0.2) is 9.78 Å². The van der Waals surface area contributed by atoms with E-state index in [2.05, 4.69) is 5.10 Å². The summed E-state index contributed by atoms with van der Waals surface area (Å²) >= 11 is 0. The van der Waals surface area contributed by atoms with Crippen molar-refractivity contribution >= 4 is 11.0 Å². The molecule has 158 valence electrons. The molecule has 5 rings (SSSR count). The lowest BCUT2D eigenvalue weighted by Crippen LogP contribution is -2.09. The van der Waals surface area contributed by atoms with Crippen molar-refractivity contribution in [3.05, 3.63) is 124 Å². The highest BCUT2D eigenvalue weighted by Crippen LogP contribution is 2.21. The molecule has 0 radical (unpaired) electrons. The van der Waals surface area contributed by atoms with Gasteiger partial charge in [-0.2, -0.15) is 5.10 Å². The second kappa shape index (κ2) is 8.55. The monoisotopic (exact) mass is 422 g/mol. The standard InChI is InChI=1S/C27H22N2O3/c1-19-7-9-20(10-8-19)13-22-18-32-26-14-24(11-12-25(26)27(22)30)31-17-21-15-28-29(16-21)23-5-3-2-4-6-23/h2-12,14-16,18H,13,17H2,1H3. The van der Waals surface area contributed by atoms with Gasteiger partial charge in [-0.15, -0.1) is 0 Å².